The molecule has 88 valence electrons. The van der Waals surface area contributed by atoms with E-state index in [4.69, 9.17) is 0 Å². The van der Waals surface area contributed by atoms with E-state index in [0.717, 1.165) is 25.9 Å². The van der Waals surface area contributed by atoms with Gasteiger partial charge in [0, 0.05) is 25.2 Å². The smallest absolute Gasteiger partial charge is 0.211 e. The van der Waals surface area contributed by atoms with Crippen molar-refractivity contribution in [1.82, 2.24) is 9.21 Å². The summed E-state index contributed by atoms with van der Waals surface area (Å²) in [5, 5.41) is 0. The summed E-state index contributed by atoms with van der Waals surface area (Å²) in [6.07, 6.45) is 4.62. The van der Waals surface area contributed by atoms with Crippen molar-refractivity contribution in [3.63, 3.8) is 0 Å². The molecule has 0 aromatic rings. The number of fused-ring (bicyclic) bond motifs is 1. The van der Waals surface area contributed by atoms with Gasteiger partial charge in [-0.15, -0.1) is 0 Å². The van der Waals surface area contributed by atoms with Gasteiger partial charge in [0.1, 0.15) is 0 Å². The topological polar surface area (TPSA) is 40.6 Å². The number of rotatable bonds is 2. The van der Waals surface area contributed by atoms with Crippen LogP contribution in [-0.2, 0) is 10.0 Å². The number of hydrogen-bond acceptors (Lipinski definition) is 3. The van der Waals surface area contributed by atoms with Crippen LogP contribution in [-0.4, -0.2) is 55.6 Å². The maximum atomic E-state index is 11.7. The van der Waals surface area contributed by atoms with Gasteiger partial charge in [-0.1, -0.05) is 6.92 Å². The highest BCUT2D eigenvalue weighted by molar-refractivity contribution is 7.88. The van der Waals surface area contributed by atoms with Gasteiger partial charge >= 0.3 is 0 Å². The van der Waals surface area contributed by atoms with E-state index in [2.05, 4.69) is 11.8 Å². The molecule has 0 radical (unpaired) electrons. The number of hydrogen-bond donors (Lipinski definition) is 0. The Labute approximate surface area is 92.3 Å². The maximum Gasteiger partial charge on any atom is 0.211 e. The largest absolute Gasteiger partial charge is 0.297 e. The Morgan fingerprint density at radius 1 is 1.33 bits per heavy atom. The second-order valence-corrected chi connectivity index (χ2v) is 6.62. The predicted octanol–water partition coefficient (Wildman–Crippen LogP) is 0.505. The molecule has 2 fully saturated rings. The summed E-state index contributed by atoms with van der Waals surface area (Å²) < 4.78 is 25.0. The lowest BCUT2D eigenvalue weighted by molar-refractivity contribution is 0.107. The first-order chi connectivity index (χ1) is 7.02. The van der Waals surface area contributed by atoms with Gasteiger partial charge in [0.05, 0.1) is 6.26 Å². The third kappa shape index (κ3) is 2.19. The van der Waals surface area contributed by atoms with E-state index < -0.39 is 10.0 Å². The third-order valence-electron chi connectivity index (χ3n) is 3.64. The summed E-state index contributed by atoms with van der Waals surface area (Å²) in [5.41, 5.74) is 0. The second kappa shape index (κ2) is 4.03. The summed E-state index contributed by atoms with van der Waals surface area (Å²) in [6.45, 7) is 4.85. The molecule has 2 aliphatic rings. The first kappa shape index (κ1) is 11.4. The maximum absolute atomic E-state index is 11.7. The lowest BCUT2D eigenvalue weighted by atomic mass is 10.1. The molecule has 0 aromatic carbocycles. The number of sulfonamides is 1. The van der Waals surface area contributed by atoms with E-state index in [-0.39, 0.29) is 6.04 Å². The van der Waals surface area contributed by atoms with Crippen LogP contribution in [0.1, 0.15) is 26.2 Å². The van der Waals surface area contributed by atoms with Gasteiger partial charge < -0.3 is 0 Å². The first-order valence-corrected chi connectivity index (χ1v) is 7.58. The summed E-state index contributed by atoms with van der Waals surface area (Å²) in [5.74, 6) is 0. The predicted molar refractivity (Wildman–Crippen MR) is 60.2 cm³/mol. The van der Waals surface area contributed by atoms with Crippen LogP contribution in [0.25, 0.3) is 0 Å². The van der Waals surface area contributed by atoms with Crippen molar-refractivity contribution in [2.75, 3.05) is 25.9 Å². The van der Waals surface area contributed by atoms with Crippen LogP contribution >= 0.6 is 0 Å². The van der Waals surface area contributed by atoms with E-state index in [1.165, 1.54) is 12.7 Å². The van der Waals surface area contributed by atoms with Gasteiger partial charge in [0.25, 0.3) is 0 Å². The molecule has 2 rings (SSSR count). The van der Waals surface area contributed by atoms with Crippen LogP contribution in [0.4, 0.5) is 0 Å². The van der Waals surface area contributed by atoms with Gasteiger partial charge in [-0.2, -0.15) is 4.31 Å². The van der Waals surface area contributed by atoms with Gasteiger partial charge in [0.2, 0.25) is 10.0 Å². The molecule has 0 unspecified atom stereocenters. The minimum absolute atomic E-state index is 0.189. The Hall–Kier alpha value is -0.130. The first-order valence-electron chi connectivity index (χ1n) is 5.73. The molecule has 0 bridgehead atoms. The van der Waals surface area contributed by atoms with Gasteiger partial charge in [-0.05, 0) is 25.8 Å². The zero-order chi connectivity index (χ0) is 11.1. The average molecular weight is 232 g/mol. The fraction of sp³-hybridized carbons (Fsp3) is 1.00. The van der Waals surface area contributed by atoms with E-state index >= 15 is 0 Å². The summed E-state index contributed by atoms with van der Waals surface area (Å²) in [6, 6.07) is 0.664. The summed E-state index contributed by atoms with van der Waals surface area (Å²) >= 11 is 0. The molecule has 0 aromatic heterocycles. The normalized spacial score (nSPS) is 34.3. The van der Waals surface area contributed by atoms with Crippen molar-refractivity contribution in [1.29, 1.82) is 0 Å². The van der Waals surface area contributed by atoms with Gasteiger partial charge in [0.15, 0.2) is 0 Å². The monoisotopic (exact) mass is 232 g/mol. The highest BCUT2D eigenvalue weighted by atomic mass is 32.2. The highest BCUT2D eigenvalue weighted by Gasteiger charge is 2.39. The van der Waals surface area contributed by atoms with Crippen LogP contribution in [0.15, 0.2) is 0 Å². The molecule has 2 heterocycles. The Morgan fingerprint density at radius 3 is 2.67 bits per heavy atom. The molecule has 15 heavy (non-hydrogen) atoms. The zero-order valence-electron chi connectivity index (χ0n) is 9.52. The molecule has 2 atom stereocenters. The van der Waals surface area contributed by atoms with Crippen molar-refractivity contribution >= 4 is 10.0 Å². The highest BCUT2D eigenvalue weighted by Crippen LogP contribution is 2.27. The standard InChI is InChI=1S/C10H20N2O2S/c1-3-9-7-11-6-4-5-10(11)8-12(9)15(2,13)14/h9-10H,3-8H2,1-2H3/t9-,10+/m1/s1. The molecule has 0 amide bonds. The molecule has 4 nitrogen and oxygen atoms in total. The van der Waals surface area contributed by atoms with Crippen molar-refractivity contribution in [2.24, 2.45) is 0 Å². The third-order valence-corrected chi connectivity index (χ3v) is 4.94. The van der Waals surface area contributed by atoms with Crippen molar-refractivity contribution in [3.8, 4) is 0 Å². The van der Waals surface area contributed by atoms with Gasteiger partial charge in [-0.3, -0.25) is 4.90 Å². The number of nitrogens with zero attached hydrogens (tertiary/aromatic N) is 2. The lowest BCUT2D eigenvalue weighted by Gasteiger charge is -2.41. The summed E-state index contributed by atoms with van der Waals surface area (Å²) in [7, 11) is -3.02. The Bertz CT molecular complexity index is 328. The Kier molecular flexibility index (Phi) is 3.05. The fourth-order valence-electron chi connectivity index (χ4n) is 2.80. The van der Waals surface area contributed by atoms with E-state index in [1.54, 1.807) is 4.31 Å². The lowest BCUT2D eigenvalue weighted by Crippen LogP contribution is -2.57. The van der Waals surface area contributed by atoms with Crippen LogP contribution in [0.3, 0.4) is 0 Å². The molecular formula is C10H20N2O2S. The minimum atomic E-state index is -3.02. The summed E-state index contributed by atoms with van der Waals surface area (Å²) in [4.78, 5) is 2.45. The molecule has 0 aliphatic carbocycles. The fourth-order valence-corrected chi connectivity index (χ4v) is 4.00. The van der Waals surface area contributed by atoms with Gasteiger partial charge in [-0.25, -0.2) is 8.42 Å². The van der Waals surface area contributed by atoms with Crippen molar-refractivity contribution < 1.29 is 8.42 Å². The van der Waals surface area contributed by atoms with Crippen LogP contribution in [0, 0.1) is 0 Å². The minimum Gasteiger partial charge on any atom is -0.297 e. The molecule has 5 heteroatoms. The Balaban J connectivity index is 2.16. The Morgan fingerprint density at radius 2 is 2.07 bits per heavy atom. The molecule has 0 saturated carbocycles. The van der Waals surface area contributed by atoms with Crippen LogP contribution < -0.4 is 0 Å². The molecule has 0 N–H and O–H groups in total. The van der Waals surface area contributed by atoms with E-state index in [0.29, 0.717) is 12.6 Å². The number of piperazine rings is 1. The SMILES string of the molecule is CC[C@@H]1CN2CCC[C@H]2CN1S(C)(=O)=O. The molecule has 2 saturated heterocycles. The van der Waals surface area contributed by atoms with E-state index in [1.807, 2.05) is 0 Å². The average Bonchev–Trinajstić information content (AvgIpc) is 2.60. The second-order valence-electron chi connectivity index (χ2n) is 4.69. The quantitative estimate of drug-likeness (QED) is 0.696. The van der Waals surface area contributed by atoms with Crippen LogP contribution in [0.2, 0.25) is 0 Å². The van der Waals surface area contributed by atoms with E-state index in [9.17, 15) is 8.42 Å². The van der Waals surface area contributed by atoms with Crippen molar-refractivity contribution in [2.45, 2.75) is 38.3 Å². The van der Waals surface area contributed by atoms with Crippen LogP contribution in [0.5, 0.6) is 0 Å². The zero-order valence-corrected chi connectivity index (χ0v) is 10.3. The molecular weight excluding hydrogens is 212 g/mol. The van der Waals surface area contributed by atoms with Crippen molar-refractivity contribution in [3.05, 3.63) is 0 Å². The molecule has 0 spiro atoms. The molecule has 2 aliphatic heterocycles.